The van der Waals surface area contributed by atoms with Crippen LogP contribution in [0.4, 0.5) is 5.69 Å². The van der Waals surface area contributed by atoms with Crippen molar-refractivity contribution in [2.45, 2.75) is 23.1 Å². The van der Waals surface area contributed by atoms with E-state index in [4.69, 9.17) is 11.6 Å². The predicted octanol–water partition coefficient (Wildman–Crippen LogP) is 2.17. The first-order valence-corrected chi connectivity index (χ1v) is 11.4. The molecule has 142 valence electrons. The summed E-state index contributed by atoms with van der Waals surface area (Å²) in [5.41, 5.74) is 2.30. The van der Waals surface area contributed by atoms with Crippen LogP contribution in [-0.2, 0) is 10.0 Å². The lowest BCUT2D eigenvalue weighted by molar-refractivity contribution is -0.918. The van der Waals surface area contributed by atoms with E-state index >= 15 is 0 Å². The maximum Gasteiger partial charge on any atom is 0.250 e. The highest BCUT2D eigenvalue weighted by atomic mass is 35.5. The van der Waals surface area contributed by atoms with Crippen molar-refractivity contribution in [1.82, 2.24) is 4.72 Å². The molecule has 2 heterocycles. The van der Waals surface area contributed by atoms with Crippen molar-refractivity contribution in [3.05, 3.63) is 46.3 Å². The average Bonchev–Trinajstić information content (AvgIpc) is 3.27. The molecule has 2 N–H and O–H groups in total. The number of hydrogen-bond acceptors (Lipinski definition) is 4. The lowest BCUT2D eigenvalue weighted by Gasteiger charge is -2.25. The number of thiophene rings is 1. The molecule has 2 aromatic rings. The van der Waals surface area contributed by atoms with Gasteiger partial charge in [0, 0.05) is 38.2 Å². The van der Waals surface area contributed by atoms with Gasteiger partial charge in [-0.1, -0.05) is 23.7 Å². The number of quaternary nitrogens is 1. The summed E-state index contributed by atoms with van der Waals surface area (Å²) >= 11 is 6.97. The molecule has 0 amide bonds. The lowest BCUT2D eigenvalue weighted by Crippen LogP contribution is -3.11. The van der Waals surface area contributed by atoms with Crippen LogP contribution in [0.25, 0.3) is 0 Å². The quantitative estimate of drug-likeness (QED) is 0.730. The first-order chi connectivity index (χ1) is 12.4. The van der Waals surface area contributed by atoms with Crippen LogP contribution in [0.5, 0.6) is 0 Å². The predicted molar refractivity (Wildman–Crippen MR) is 108 cm³/mol. The van der Waals surface area contributed by atoms with Gasteiger partial charge in [-0.15, -0.1) is 11.3 Å². The van der Waals surface area contributed by atoms with Gasteiger partial charge in [-0.25, -0.2) is 13.1 Å². The molecule has 1 atom stereocenters. The van der Waals surface area contributed by atoms with E-state index in [9.17, 15) is 8.42 Å². The molecule has 1 aromatic heterocycles. The molecule has 0 bridgehead atoms. The normalized spacial score (nSPS) is 16.7. The Hall–Kier alpha value is -1.12. The van der Waals surface area contributed by atoms with Gasteiger partial charge in [-0.05, 0) is 24.3 Å². The third-order valence-electron chi connectivity index (χ3n) is 4.84. The fourth-order valence-electron chi connectivity index (χ4n) is 3.39. The summed E-state index contributed by atoms with van der Waals surface area (Å²) in [6.07, 6.45) is 2.38. The minimum absolute atomic E-state index is 0.110. The van der Waals surface area contributed by atoms with Crippen LogP contribution in [0.15, 0.2) is 40.6 Å². The maximum absolute atomic E-state index is 12.6. The van der Waals surface area contributed by atoms with Crippen molar-refractivity contribution in [2.75, 3.05) is 38.6 Å². The molecule has 1 aliphatic heterocycles. The highest BCUT2D eigenvalue weighted by molar-refractivity contribution is 7.91. The Morgan fingerprint density at radius 1 is 1.15 bits per heavy atom. The first-order valence-electron chi connectivity index (χ1n) is 8.74. The van der Waals surface area contributed by atoms with E-state index in [0.29, 0.717) is 10.9 Å². The highest BCUT2D eigenvalue weighted by Crippen LogP contribution is 2.25. The van der Waals surface area contributed by atoms with Crippen LogP contribution in [-0.4, -0.2) is 42.1 Å². The molecule has 8 heteroatoms. The molecule has 5 nitrogen and oxygen atoms in total. The summed E-state index contributed by atoms with van der Waals surface area (Å²) < 4.78 is 28.7. The number of nitrogens with one attached hydrogen (secondary N) is 2. The summed E-state index contributed by atoms with van der Waals surface area (Å²) in [4.78, 5) is 3.50. The van der Waals surface area contributed by atoms with Gasteiger partial charge in [0.1, 0.15) is 10.3 Å². The van der Waals surface area contributed by atoms with Crippen LogP contribution in [0.3, 0.4) is 0 Å². The van der Waals surface area contributed by atoms with Gasteiger partial charge in [0.15, 0.2) is 0 Å². The number of likely N-dealkylation sites (tertiary alicyclic amines) is 1. The van der Waals surface area contributed by atoms with Crippen LogP contribution >= 0.6 is 22.9 Å². The minimum Gasteiger partial charge on any atom is -0.378 e. The molecule has 1 aromatic carbocycles. The zero-order valence-corrected chi connectivity index (χ0v) is 17.4. The average molecular weight is 415 g/mol. The Kier molecular flexibility index (Phi) is 6.25. The maximum atomic E-state index is 12.6. The lowest BCUT2D eigenvalue weighted by atomic mass is 10.1. The van der Waals surface area contributed by atoms with E-state index < -0.39 is 10.0 Å². The number of benzene rings is 1. The third kappa shape index (κ3) is 4.58. The fourth-order valence-corrected chi connectivity index (χ4v) is 5.96. The molecule has 0 saturated carbocycles. The molecule has 0 unspecified atom stereocenters. The second-order valence-corrected chi connectivity index (χ2v) is 10.5. The number of rotatable bonds is 7. The molecule has 1 aliphatic rings. The van der Waals surface area contributed by atoms with Gasteiger partial charge in [0.2, 0.25) is 10.0 Å². The second kappa shape index (κ2) is 8.27. The Morgan fingerprint density at radius 3 is 2.35 bits per heavy atom. The Labute approximate surface area is 164 Å². The molecule has 1 fully saturated rings. The van der Waals surface area contributed by atoms with Crippen LogP contribution < -0.4 is 14.5 Å². The van der Waals surface area contributed by atoms with Crippen molar-refractivity contribution in [1.29, 1.82) is 0 Å². The molecule has 0 aliphatic carbocycles. The topological polar surface area (TPSA) is 53.9 Å². The molecule has 0 radical (unpaired) electrons. The molecular weight excluding hydrogens is 390 g/mol. The van der Waals surface area contributed by atoms with Gasteiger partial charge >= 0.3 is 0 Å². The van der Waals surface area contributed by atoms with E-state index in [1.165, 1.54) is 23.3 Å². The smallest absolute Gasteiger partial charge is 0.250 e. The molecule has 0 spiro atoms. The van der Waals surface area contributed by atoms with E-state index in [0.717, 1.165) is 30.1 Å². The standard InChI is InChI=1S/C18H24ClN3O2S2/c1-21(2)15-7-5-14(6-8-15)16(22-11-3-4-12-22)13-20-26(23,24)18-10-9-17(19)25-18/h5-10,16,20H,3-4,11-13H2,1-2H3/p+1/t16-/m0/s1. The van der Waals surface area contributed by atoms with Crippen molar-refractivity contribution in [3.63, 3.8) is 0 Å². The van der Waals surface area contributed by atoms with Gasteiger partial charge in [-0.2, -0.15) is 0 Å². The van der Waals surface area contributed by atoms with E-state index in [1.54, 1.807) is 12.1 Å². The van der Waals surface area contributed by atoms with Gasteiger partial charge in [0.25, 0.3) is 0 Å². The zero-order chi connectivity index (χ0) is 18.7. The highest BCUT2D eigenvalue weighted by Gasteiger charge is 2.29. The van der Waals surface area contributed by atoms with Crippen LogP contribution in [0, 0.1) is 0 Å². The van der Waals surface area contributed by atoms with Crippen molar-refractivity contribution < 1.29 is 13.3 Å². The summed E-state index contributed by atoms with van der Waals surface area (Å²) in [6.45, 7) is 2.54. The minimum atomic E-state index is -3.53. The van der Waals surface area contributed by atoms with Crippen molar-refractivity contribution in [2.24, 2.45) is 0 Å². The molecular formula is C18H25ClN3O2S2+. The van der Waals surface area contributed by atoms with Crippen LogP contribution in [0.1, 0.15) is 24.4 Å². The van der Waals surface area contributed by atoms with E-state index in [1.807, 2.05) is 14.1 Å². The molecule has 26 heavy (non-hydrogen) atoms. The second-order valence-electron chi connectivity index (χ2n) is 6.81. The summed E-state index contributed by atoms with van der Waals surface area (Å²) in [7, 11) is 0.494. The first kappa shape index (κ1) is 19.6. The number of nitrogens with zero attached hydrogens (tertiary/aromatic N) is 1. The number of sulfonamides is 1. The molecule has 3 rings (SSSR count). The van der Waals surface area contributed by atoms with Crippen LogP contribution in [0.2, 0.25) is 4.34 Å². The summed E-state index contributed by atoms with van der Waals surface area (Å²) in [5, 5.41) is 0. The SMILES string of the molecule is CN(C)c1ccc([C@H](CNS(=O)(=O)c2ccc(Cl)s2)[NH+]2CCCC2)cc1. The Bertz CT molecular complexity index is 828. The van der Waals surface area contributed by atoms with Gasteiger partial charge in [0.05, 0.1) is 24.0 Å². The molecule has 1 saturated heterocycles. The Balaban J connectivity index is 1.78. The van der Waals surface area contributed by atoms with E-state index in [2.05, 4.69) is 33.9 Å². The summed E-state index contributed by atoms with van der Waals surface area (Å²) in [6, 6.07) is 11.7. The monoisotopic (exact) mass is 414 g/mol. The summed E-state index contributed by atoms with van der Waals surface area (Å²) in [5.74, 6) is 0. The van der Waals surface area contributed by atoms with Gasteiger partial charge in [-0.3, -0.25) is 0 Å². The number of hydrogen-bond donors (Lipinski definition) is 2. The largest absolute Gasteiger partial charge is 0.378 e. The zero-order valence-electron chi connectivity index (χ0n) is 15.0. The van der Waals surface area contributed by atoms with Gasteiger partial charge < -0.3 is 9.80 Å². The number of halogens is 1. The Morgan fingerprint density at radius 2 is 1.81 bits per heavy atom. The van der Waals surface area contributed by atoms with Crippen molar-refractivity contribution >= 4 is 38.6 Å². The fraction of sp³-hybridized carbons (Fsp3) is 0.444. The third-order valence-corrected chi connectivity index (χ3v) is 7.99. The van der Waals surface area contributed by atoms with E-state index in [-0.39, 0.29) is 10.3 Å². The number of anilines is 1. The van der Waals surface area contributed by atoms with Crippen molar-refractivity contribution in [3.8, 4) is 0 Å².